The fraction of sp³-hybridized carbons (Fsp3) is 0.0800. The number of phenols is 2. The van der Waals surface area contributed by atoms with E-state index in [0.29, 0.717) is 10.8 Å². The van der Waals surface area contributed by atoms with Gasteiger partial charge in [0.2, 0.25) is 0 Å². The van der Waals surface area contributed by atoms with Gasteiger partial charge in [-0.05, 0) is 65.4 Å². The van der Waals surface area contributed by atoms with E-state index in [4.69, 9.17) is 0 Å². The van der Waals surface area contributed by atoms with Crippen molar-refractivity contribution in [3.05, 3.63) is 95.1 Å². The van der Waals surface area contributed by atoms with Crippen LogP contribution in [0.25, 0.3) is 21.9 Å². The smallest absolute Gasteiger partial charge is 0.335 e. The lowest BCUT2D eigenvalue weighted by Crippen LogP contribution is -1.96. The number of carboxylic acid groups (broad SMARTS) is 1. The van der Waals surface area contributed by atoms with Crippen LogP contribution in [0, 0.1) is 6.92 Å². The van der Waals surface area contributed by atoms with E-state index in [-0.39, 0.29) is 17.1 Å². The average molecular weight is 384 g/mol. The fourth-order valence-corrected chi connectivity index (χ4v) is 3.57. The highest BCUT2D eigenvalue weighted by molar-refractivity contribution is 6.01. The molecule has 0 atom stereocenters. The molecular weight excluding hydrogens is 364 g/mol. The molecule has 4 heteroatoms. The first-order chi connectivity index (χ1) is 13.9. The van der Waals surface area contributed by atoms with E-state index in [9.17, 15) is 20.1 Å². The standard InChI is InChI=1S/C25H20O4/c1-15-7-8-17(10-18(15)9-16-5-3-2-4-6-16)19-11-21-22(23(26)13-19)12-20(25(28)29)14-24(21)27/h2-8,10-14,26-27H,9H2,1H3,(H,28,29). The number of aromatic hydroxyl groups is 2. The minimum Gasteiger partial charge on any atom is -0.507 e. The maximum atomic E-state index is 11.2. The molecule has 0 spiro atoms. The second-order valence-corrected chi connectivity index (χ2v) is 7.19. The zero-order valence-corrected chi connectivity index (χ0v) is 15.9. The Labute approximate surface area is 168 Å². The van der Waals surface area contributed by atoms with E-state index in [0.717, 1.165) is 17.5 Å². The summed E-state index contributed by atoms with van der Waals surface area (Å²) < 4.78 is 0. The molecule has 0 radical (unpaired) electrons. The Morgan fingerprint density at radius 2 is 1.48 bits per heavy atom. The summed E-state index contributed by atoms with van der Waals surface area (Å²) in [6.07, 6.45) is 0.799. The summed E-state index contributed by atoms with van der Waals surface area (Å²) in [5.41, 5.74) is 5.17. The number of carboxylic acids is 1. The Bertz CT molecular complexity index is 1230. The Balaban J connectivity index is 1.80. The summed E-state index contributed by atoms with van der Waals surface area (Å²) in [5, 5.41) is 30.7. The number of carbonyl (C=O) groups is 1. The molecule has 0 fully saturated rings. The number of hydrogen-bond acceptors (Lipinski definition) is 3. The van der Waals surface area contributed by atoms with Crippen LogP contribution in [0.15, 0.2) is 72.8 Å². The van der Waals surface area contributed by atoms with Crippen LogP contribution in [0.3, 0.4) is 0 Å². The van der Waals surface area contributed by atoms with Crippen LogP contribution in [-0.4, -0.2) is 21.3 Å². The lowest BCUT2D eigenvalue weighted by atomic mass is 9.93. The molecular formula is C25H20O4. The van der Waals surface area contributed by atoms with Crippen LogP contribution < -0.4 is 0 Å². The van der Waals surface area contributed by atoms with Crippen LogP contribution in [0.5, 0.6) is 11.5 Å². The highest BCUT2D eigenvalue weighted by atomic mass is 16.4. The van der Waals surface area contributed by atoms with Gasteiger partial charge in [0.25, 0.3) is 0 Å². The van der Waals surface area contributed by atoms with Gasteiger partial charge >= 0.3 is 5.97 Å². The van der Waals surface area contributed by atoms with Crippen LogP contribution in [-0.2, 0) is 6.42 Å². The molecule has 0 amide bonds. The molecule has 4 aromatic rings. The average Bonchev–Trinajstić information content (AvgIpc) is 2.70. The van der Waals surface area contributed by atoms with Crippen LogP contribution in [0.4, 0.5) is 0 Å². The lowest BCUT2D eigenvalue weighted by Gasteiger charge is -2.12. The molecule has 29 heavy (non-hydrogen) atoms. The van der Waals surface area contributed by atoms with E-state index in [2.05, 4.69) is 25.1 Å². The molecule has 0 aliphatic heterocycles. The van der Waals surface area contributed by atoms with Gasteiger partial charge in [-0.1, -0.05) is 48.5 Å². The number of hydrogen-bond donors (Lipinski definition) is 3. The van der Waals surface area contributed by atoms with Gasteiger partial charge in [-0.15, -0.1) is 0 Å². The number of fused-ring (bicyclic) bond motifs is 1. The maximum absolute atomic E-state index is 11.2. The monoisotopic (exact) mass is 384 g/mol. The largest absolute Gasteiger partial charge is 0.507 e. The zero-order valence-electron chi connectivity index (χ0n) is 15.9. The Morgan fingerprint density at radius 3 is 2.21 bits per heavy atom. The molecule has 0 saturated heterocycles. The lowest BCUT2D eigenvalue weighted by molar-refractivity contribution is 0.0696. The number of aromatic carboxylic acids is 1. The van der Waals surface area contributed by atoms with Crippen molar-refractivity contribution in [2.75, 3.05) is 0 Å². The van der Waals surface area contributed by atoms with Crippen molar-refractivity contribution in [1.82, 2.24) is 0 Å². The summed E-state index contributed by atoms with van der Waals surface area (Å²) in [5.74, 6) is -1.40. The van der Waals surface area contributed by atoms with Gasteiger partial charge in [-0.25, -0.2) is 4.79 Å². The molecule has 0 aliphatic rings. The van der Waals surface area contributed by atoms with Crippen molar-refractivity contribution in [2.45, 2.75) is 13.3 Å². The summed E-state index contributed by atoms with van der Waals surface area (Å²) in [6.45, 7) is 2.07. The van der Waals surface area contributed by atoms with E-state index in [1.54, 1.807) is 12.1 Å². The van der Waals surface area contributed by atoms with Gasteiger partial charge in [0.1, 0.15) is 11.5 Å². The van der Waals surface area contributed by atoms with Crippen molar-refractivity contribution in [2.24, 2.45) is 0 Å². The van der Waals surface area contributed by atoms with Gasteiger partial charge in [0, 0.05) is 10.8 Å². The van der Waals surface area contributed by atoms with Crippen molar-refractivity contribution in [3.63, 3.8) is 0 Å². The zero-order chi connectivity index (χ0) is 20.5. The Hall–Kier alpha value is -3.79. The molecule has 4 rings (SSSR count). The van der Waals surface area contributed by atoms with Crippen LogP contribution >= 0.6 is 0 Å². The summed E-state index contributed by atoms with van der Waals surface area (Å²) in [7, 11) is 0. The normalized spacial score (nSPS) is 10.9. The number of phenolic OH excluding ortho intramolecular Hbond substituents is 2. The fourth-order valence-electron chi connectivity index (χ4n) is 3.57. The summed E-state index contributed by atoms with van der Waals surface area (Å²) in [6, 6.07) is 22.3. The van der Waals surface area contributed by atoms with Crippen LogP contribution in [0.1, 0.15) is 27.0 Å². The molecule has 0 saturated carbocycles. The quantitative estimate of drug-likeness (QED) is 0.433. The topological polar surface area (TPSA) is 77.8 Å². The Kier molecular flexibility index (Phi) is 4.69. The second-order valence-electron chi connectivity index (χ2n) is 7.19. The van der Waals surface area contributed by atoms with Gasteiger partial charge in [-0.3, -0.25) is 0 Å². The molecule has 3 N–H and O–H groups in total. The number of aryl methyl sites for hydroxylation is 1. The molecule has 0 unspecified atom stereocenters. The van der Waals surface area contributed by atoms with E-state index in [1.807, 2.05) is 30.3 Å². The minimum atomic E-state index is -1.16. The van der Waals surface area contributed by atoms with Gasteiger partial charge in [-0.2, -0.15) is 0 Å². The van der Waals surface area contributed by atoms with Gasteiger partial charge in [0.15, 0.2) is 0 Å². The first-order valence-electron chi connectivity index (χ1n) is 9.29. The van der Waals surface area contributed by atoms with E-state index < -0.39 is 5.97 Å². The third-order valence-corrected chi connectivity index (χ3v) is 5.19. The highest BCUT2D eigenvalue weighted by Gasteiger charge is 2.14. The second kappa shape index (κ2) is 7.32. The molecule has 0 aliphatic carbocycles. The minimum absolute atomic E-state index is 0.0684. The number of benzene rings is 4. The molecule has 4 nitrogen and oxygen atoms in total. The molecule has 0 bridgehead atoms. The predicted molar refractivity (Wildman–Crippen MR) is 114 cm³/mol. The van der Waals surface area contributed by atoms with Crippen molar-refractivity contribution in [1.29, 1.82) is 0 Å². The molecule has 4 aromatic carbocycles. The summed E-state index contributed by atoms with van der Waals surface area (Å²) >= 11 is 0. The first-order valence-corrected chi connectivity index (χ1v) is 9.29. The molecule has 0 heterocycles. The SMILES string of the molecule is Cc1ccc(-c2cc(O)c3cc(C(=O)O)cc(O)c3c2)cc1Cc1ccccc1. The molecule has 0 aromatic heterocycles. The van der Waals surface area contributed by atoms with Gasteiger partial charge in [0.05, 0.1) is 5.56 Å². The third-order valence-electron chi connectivity index (χ3n) is 5.19. The third kappa shape index (κ3) is 3.65. The molecule has 144 valence electrons. The van der Waals surface area contributed by atoms with Crippen molar-refractivity contribution >= 4 is 16.7 Å². The highest BCUT2D eigenvalue weighted by Crippen LogP contribution is 2.37. The first kappa shape index (κ1) is 18.6. The van der Waals surface area contributed by atoms with Crippen molar-refractivity contribution in [3.8, 4) is 22.6 Å². The van der Waals surface area contributed by atoms with Crippen LogP contribution in [0.2, 0.25) is 0 Å². The maximum Gasteiger partial charge on any atom is 0.335 e. The van der Waals surface area contributed by atoms with Crippen molar-refractivity contribution < 1.29 is 20.1 Å². The predicted octanol–water partition coefficient (Wildman–Crippen LogP) is 5.52. The summed E-state index contributed by atoms with van der Waals surface area (Å²) in [4.78, 5) is 11.2. The van der Waals surface area contributed by atoms with Gasteiger partial charge < -0.3 is 15.3 Å². The Morgan fingerprint density at radius 1 is 0.793 bits per heavy atom. The van der Waals surface area contributed by atoms with E-state index >= 15 is 0 Å². The number of rotatable bonds is 4. The van der Waals surface area contributed by atoms with E-state index in [1.165, 1.54) is 28.8 Å².